The Morgan fingerprint density at radius 3 is 1.51 bits per heavy atom. The first-order valence-corrected chi connectivity index (χ1v) is 16.7. The van der Waals surface area contributed by atoms with Gasteiger partial charge in [-0.2, -0.15) is 0 Å². The van der Waals surface area contributed by atoms with Gasteiger partial charge in [-0.25, -0.2) is 0 Å². The van der Waals surface area contributed by atoms with E-state index in [9.17, 15) is 4.79 Å². The molecule has 1 aliphatic rings. The maximum absolute atomic E-state index is 13.3. The lowest BCUT2D eigenvalue weighted by atomic mass is 10.0. The smallest absolute Gasteiger partial charge is 0.192 e. The van der Waals surface area contributed by atoms with Crippen molar-refractivity contribution in [2.45, 2.75) is 161 Å². The van der Waals surface area contributed by atoms with Gasteiger partial charge >= 0.3 is 0 Å². The molecule has 4 nitrogen and oxygen atoms in total. The van der Waals surface area contributed by atoms with E-state index in [1.807, 2.05) is 0 Å². The van der Waals surface area contributed by atoms with E-state index >= 15 is 0 Å². The second kappa shape index (κ2) is 24.6. The Hall–Kier alpha value is -0.450. The number of morpholine rings is 1. The normalized spacial score (nSPS) is 16.2. The van der Waals surface area contributed by atoms with Crippen molar-refractivity contribution in [2.24, 2.45) is 0 Å². The molecule has 1 atom stereocenters. The number of carbonyl (C=O) groups is 1. The van der Waals surface area contributed by atoms with Crippen molar-refractivity contribution in [1.82, 2.24) is 0 Å². The molecule has 0 aliphatic carbocycles. The predicted molar refractivity (Wildman–Crippen MR) is 159 cm³/mol. The van der Waals surface area contributed by atoms with Gasteiger partial charge in [-0.15, -0.1) is 0 Å². The molecule has 1 fully saturated rings. The minimum atomic E-state index is -0.0183. The highest BCUT2D eigenvalue weighted by Crippen LogP contribution is 2.19. The second-order valence-corrected chi connectivity index (χ2v) is 12.1. The molecule has 0 radical (unpaired) electrons. The zero-order valence-electron chi connectivity index (χ0n) is 25.5. The Balaban J connectivity index is 2.16. The zero-order valence-corrected chi connectivity index (χ0v) is 25.5. The number of quaternary nitrogens is 1. The van der Waals surface area contributed by atoms with Crippen LogP contribution in [-0.2, 0) is 14.3 Å². The molecule has 1 heterocycles. The number of Topliss-reactive ketones (excluding diaryl/α,β-unsaturated/α-hetero) is 1. The molecule has 37 heavy (non-hydrogen) atoms. The average molecular weight is 525 g/mol. The van der Waals surface area contributed by atoms with E-state index in [1.165, 1.54) is 122 Å². The van der Waals surface area contributed by atoms with Crippen molar-refractivity contribution in [3.63, 3.8) is 0 Å². The van der Waals surface area contributed by atoms with Crippen LogP contribution in [0.1, 0.15) is 155 Å². The molecule has 1 saturated heterocycles. The van der Waals surface area contributed by atoms with Gasteiger partial charge in [0.25, 0.3) is 0 Å². The molecule has 220 valence electrons. The number of ketones is 1. The Morgan fingerprint density at radius 1 is 0.649 bits per heavy atom. The highest BCUT2D eigenvalue weighted by Gasteiger charge is 2.39. The predicted octanol–water partition coefficient (Wildman–Crippen LogP) is 9.04. The molecule has 4 heteroatoms. The SMILES string of the molecule is CCCCCCCCCCCCCCOCC(C(=O)CCCCCCCCCCC)[N+]1(C)CCOCC1. The third-order valence-corrected chi connectivity index (χ3v) is 8.56. The molecular formula is C33H66NO3+. The fourth-order valence-corrected chi connectivity index (χ4v) is 5.71. The van der Waals surface area contributed by atoms with Gasteiger partial charge in [0.05, 0.1) is 20.3 Å². The standard InChI is InChI=1S/C33H66NO3/c1-4-6-8-10-12-14-15-16-18-20-22-24-28-37-31-32(34(3)26-29-36-30-27-34)33(35)25-23-21-19-17-13-11-9-7-5-2/h32H,4-31H2,1-3H3/q+1. The number of hydrogen-bond acceptors (Lipinski definition) is 3. The van der Waals surface area contributed by atoms with Gasteiger partial charge < -0.3 is 14.0 Å². The number of likely N-dealkylation sites (N-methyl/N-ethyl adjacent to an activating group) is 1. The molecule has 0 aromatic heterocycles. The minimum Gasteiger partial charge on any atom is -0.375 e. The number of unbranched alkanes of at least 4 members (excludes halogenated alkanes) is 19. The van der Waals surface area contributed by atoms with Crippen LogP contribution in [0, 0.1) is 0 Å². The number of carbonyl (C=O) groups excluding carboxylic acids is 1. The van der Waals surface area contributed by atoms with Gasteiger partial charge in [-0.05, 0) is 12.8 Å². The van der Waals surface area contributed by atoms with Gasteiger partial charge in [-0.3, -0.25) is 4.79 Å². The first-order chi connectivity index (χ1) is 18.1. The van der Waals surface area contributed by atoms with E-state index in [0.29, 0.717) is 12.4 Å². The van der Waals surface area contributed by atoms with Crippen LogP contribution < -0.4 is 0 Å². The van der Waals surface area contributed by atoms with E-state index in [4.69, 9.17) is 9.47 Å². The van der Waals surface area contributed by atoms with E-state index in [1.54, 1.807) is 0 Å². The van der Waals surface area contributed by atoms with Crippen molar-refractivity contribution in [3.05, 3.63) is 0 Å². The molecule has 0 aromatic rings. The van der Waals surface area contributed by atoms with Gasteiger partial charge in [0.1, 0.15) is 19.7 Å². The maximum Gasteiger partial charge on any atom is 0.192 e. The Kier molecular flexibility index (Phi) is 23.0. The van der Waals surface area contributed by atoms with Crippen LogP contribution in [0.4, 0.5) is 0 Å². The monoisotopic (exact) mass is 525 g/mol. The summed E-state index contributed by atoms with van der Waals surface area (Å²) in [5.41, 5.74) is 0. The van der Waals surface area contributed by atoms with Crippen molar-refractivity contribution in [2.75, 3.05) is 46.6 Å². The van der Waals surface area contributed by atoms with Crippen LogP contribution in [0.2, 0.25) is 0 Å². The lowest BCUT2D eigenvalue weighted by Gasteiger charge is -2.43. The molecule has 1 rings (SSSR count). The summed E-state index contributed by atoms with van der Waals surface area (Å²) in [6.07, 6.45) is 28.7. The largest absolute Gasteiger partial charge is 0.375 e. The van der Waals surface area contributed by atoms with Gasteiger partial charge in [0.2, 0.25) is 0 Å². The number of ether oxygens (including phenoxy) is 2. The lowest BCUT2D eigenvalue weighted by molar-refractivity contribution is -0.932. The minimum absolute atomic E-state index is 0.0183. The fourth-order valence-electron chi connectivity index (χ4n) is 5.71. The van der Waals surface area contributed by atoms with Crippen LogP contribution in [0.5, 0.6) is 0 Å². The molecule has 0 saturated carbocycles. The summed E-state index contributed by atoms with van der Waals surface area (Å²) in [5, 5.41) is 0. The number of rotatable bonds is 27. The summed E-state index contributed by atoms with van der Waals surface area (Å²) in [4.78, 5) is 13.3. The molecule has 1 aliphatic heterocycles. The van der Waals surface area contributed by atoms with Crippen LogP contribution in [0.25, 0.3) is 0 Å². The molecule has 0 bridgehead atoms. The van der Waals surface area contributed by atoms with Gasteiger partial charge in [0.15, 0.2) is 11.8 Å². The summed E-state index contributed by atoms with van der Waals surface area (Å²) in [5.74, 6) is 0.419. The van der Waals surface area contributed by atoms with E-state index < -0.39 is 0 Å². The van der Waals surface area contributed by atoms with Crippen LogP contribution in [0.3, 0.4) is 0 Å². The maximum atomic E-state index is 13.3. The van der Waals surface area contributed by atoms with Crippen molar-refractivity contribution in [1.29, 1.82) is 0 Å². The van der Waals surface area contributed by atoms with Crippen molar-refractivity contribution >= 4 is 5.78 Å². The van der Waals surface area contributed by atoms with Crippen molar-refractivity contribution in [3.8, 4) is 0 Å². The van der Waals surface area contributed by atoms with Gasteiger partial charge in [-0.1, -0.05) is 136 Å². The Morgan fingerprint density at radius 2 is 1.05 bits per heavy atom. The summed E-state index contributed by atoms with van der Waals surface area (Å²) in [6, 6.07) is -0.0183. The van der Waals surface area contributed by atoms with Crippen LogP contribution >= 0.6 is 0 Å². The Labute approximate surface area is 232 Å². The summed E-state index contributed by atoms with van der Waals surface area (Å²) in [7, 11) is 2.24. The number of hydrogen-bond donors (Lipinski definition) is 0. The van der Waals surface area contributed by atoms with E-state index in [-0.39, 0.29) is 6.04 Å². The average Bonchev–Trinajstić information content (AvgIpc) is 2.90. The summed E-state index contributed by atoms with van der Waals surface area (Å²) >= 11 is 0. The summed E-state index contributed by atoms with van der Waals surface area (Å²) in [6.45, 7) is 9.32. The first-order valence-electron chi connectivity index (χ1n) is 16.7. The van der Waals surface area contributed by atoms with Crippen LogP contribution in [0.15, 0.2) is 0 Å². The topological polar surface area (TPSA) is 35.5 Å². The highest BCUT2D eigenvalue weighted by molar-refractivity contribution is 5.83. The zero-order chi connectivity index (χ0) is 26.9. The fraction of sp³-hybridized carbons (Fsp3) is 0.970. The molecule has 1 unspecified atom stereocenters. The summed E-state index contributed by atoms with van der Waals surface area (Å²) < 4.78 is 12.6. The number of nitrogens with zero attached hydrogens (tertiary/aromatic N) is 1. The van der Waals surface area contributed by atoms with E-state index in [2.05, 4.69) is 20.9 Å². The van der Waals surface area contributed by atoms with Crippen LogP contribution in [-0.4, -0.2) is 62.9 Å². The molecule has 0 spiro atoms. The molecule has 0 N–H and O–H groups in total. The molecule has 0 aromatic carbocycles. The molecular weight excluding hydrogens is 458 g/mol. The third-order valence-electron chi connectivity index (χ3n) is 8.56. The van der Waals surface area contributed by atoms with Gasteiger partial charge in [0, 0.05) is 13.0 Å². The second-order valence-electron chi connectivity index (χ2n) is 12.1. The highest BCUT2D eigenvalue weighted by atomic mass is 16.5. The third kappa shape index (κ3) is 18.5. The Bertz CT molecular complexity index is 504. The lowest BCUT2D eigenvalue weighted by Crippen LogP contribution is -2.62. The van der Waals surface area contributed by atoms with E-state index in [0.717, 1.165) is 56.7 Å². The van der Waals surface area contributed by atoms with Crippen molar-refractivity contribution < 1.29 is 18.8 Å². The first kappa shape index (κ1) is 34.6. The quantitative estimate of drug-likeness (QED) is 0.0794. The molecule has 0 amide bonds.